The minimum atomic E-state index is -0.339. The van der Waals surface area contributed by atoms with Crippen LogP contribution >= 0.6 is 0 Å². The molecular formula is C18H29N3O3. The molecule has 0 saturated heterocycles. The summed E-state index contributed by atoms with van der Waals surface area (Å²) in [6, 6.07) is 0.207. The molecule has 0 aliphatic heterocycles. The maximum Gasteiger partial charge on any atom is 0.355 e. The van der Waals surface area contributed by atoms with Gasteiger partial charge >= 0.3 is 12.0 Å². The quantitative estimate of drug-likeness (QED) is 0.811. The molecular weight excluding hydrogens is 306 g/mol. The van der Waals surface area contributed by atoms with Crippen LogP contribution in [0.1, 0.15) is 66.3 Å². The van der Waals surface area contributed by atoms with Crippen LogP contribution in [-0.2, 0) is 11.3 Å². The van der Waals surface area contributed by atoms with E-state index in [1.54, 1.807) is 14.0 Å². The summed E-state index contributed by atoms with van der Waals surface area (Å²) >= 11 is 0. The van der Waals surface area contributed by atoms with Gasteiger partial charge in [-0.1, -0.05) is 19.3 Å². The smallest absolute Gasteiger partial charge is 0.355 e. The highest BCUT2D eigenvalue weighted by molar-refractivity contribution is 5.89. The van der Waals surface area contributed by atoms with Crippen molar-refractivity contribution in [1.82, 2.24) is 15.2 Å². The van der Waals surface area contributed by atoms with Gasteiger partial charge in [0.05, 0.1) is 6.61 Å². The number of esters is 1. The van der Waals surface area contributed by atoms with Crippen molar-refractivity contribution in [2.24, 2.45) is 0 Å². The lowest BCUT2D eigenvalue weighted by molar-refractivity contribution is 0.0519. The predicted molar refractivity (Wildman–Crippen MR) is 93.1 cm³/mol. The van der Waals surface area contributed by atoms with Gasteiger partial charge in [-0.3, -0.25) is 0 Å². The highest BCUT2D eigenvalue weighted by atomic mass is 16.5. The van der Waals surface area contributed by atoms with Gasteiger partial charge in [-0.2, -0.15) is 0 Å². The van der Waals surface area contributed by atoms with Crippen molar-refractivity contribution in [3.63, 3.8) is 0 Å². The molecule has 0 aromatic carbocycles. The number of carbonyl (C=O) groups is 2. The predicted octanol–water partition coefficient (Wildman–Crippen LogP) is 3.28. The van der Waals surface area contributed by atoms with E-state index in [4.69, 9.17) is 4.74 Å². The van der Waals surface area contributed by atoms with Crippen molar-refractivity contribution < 1.29 is 14.3 Å². The van der Waals surface area contributed by atoms with Crippen LogP contribution in [0, 0.1) is 13.8 Å². The molecule has 1 aliphatic carbocycles. The number of rotatable bonds is 5. The molecule has 6 heteroatoms. The molecule has 2 rings (SSSR count). The van der Waals surface area contributed by atoms with E-state index < -0.39 is 0 Å². The Morgan fingerprint density at radius 3 is 2.50 bits per heavy atom. The van der Waals surface area contributed by atoms with Crippen molar-refractivity contribution in [2.45, 2.75) is 65.5 Å². The first-order valence-electron chi connectivity index (χ1n) is 8.83. The number of hydrogen-bond donors (Lipinski definition) is 2. The first-order valence-corrected chi connectivity index (χ1v) is 8.83. The number of aromatic nitrogens is 1. The van der Waals surface area contributed by atoms with Gasteiger partial charge in [-0.25, -0.2) is 9.59 Å². The van der Waals surface area contributed by atoms with E-state index in [1.807, 2.05) is 18.7 Å². The fourth-order valence-corrected chi connectivity index (χ4v) is 3.51. The largest absolute Gasteiger partial charge is 0.461 e. The van der Waals surface area contributed by atoms with Gasteiger partial charge in [0.2, 0.25) is 0 Å². The second-order valence-electron chi connectivity index (χ2n) is 6.42. The molecule has 1 aliphatic rings. The molecule has 2 amide bonds. The minimum Gasteiger partial charge on any atom is -0.461 e. The summed E-state index contributed by atoms with van der Waals surface area (Å²) < 4.78 is 5.10. The molecule has 24 heavy (non-hydrogen) atoms. The van der Waals surface area contributed by atoms with E-state index in [2.05, 4.69) is 10.3 Å². The van der Waals surface area contributed by atoms with Crippen molar-refractivity contribution in [3.8, 4) is 0 Å². The van der Waals surface area contributed by atoms with Crippen LogP contribution in [0.3, 0.4) is 0 Å². The summed E-state index contributed by atoms with van der Waals surface area (Å²) in [6.45, 7) is 6.50. The molecule has 1 saturated carbocycles. The topological polar surface area (TPSA) is 74.4 Å². The number of nitrogens with one attached hydrogen (secondary N) is 2. The highest BCUT2D eigenvalue weighted by Crippen LogP contribution is 2.27. The Bertz CT molecular complexity index is 589. The molecule has 0 unspecified atom stereocenters. The number of ether oxygens (including phenoxy) is 1. The second-order valence-corrected chi connectivity index (χ2v) is 6.42. The van der Waals surface area contributed by atoms with Crippen molar-refractivity contribution in [2.75, 3.05) is 13.7 Å². The lowest BCUT2D eigenvalue weighted by Crippen LogP contribution is -2.45. The van der Waals surface area contributed by atoms with Gasteiger partial charge < -0.3 is 19.9 Å². The van der Waals surface area contributed by atoms with E-state index in [0.29, 0.717) is 18.8 Å². The molecule has 0 atom stereocenters. The molecule has 0 bridgehead atoms. The summed E-state index contributed by atoms with van der Waals surface area (Å²) in [5.74, 6) is -0.339. The fraction of sp³-hybridized carbons (Fsp3) is 0.667. The molecule has 1 aromatic heterocycles. The average molecular weight is 335 g/mol. The number of nitrogens with zero attached hydrogens (tertiary/aromatic N) is 1. The Kier molecular flexibility index (Phi) is 6.29. The highest BCUT2D eigenvalue weighted by Gasteiger charge is 2.27. The number of hydrogen-bond acceptors (Lipinski definition) is 3. The van der Waals surface area contributed by atoms with Crippen LogP contribution in [0.25, 0.3) is 0 Å². The van der Waals surface area contributed by atoms with Gasteiger partial charge in [-0.15, -0.1) is 0 Å². The van der Waals surface area contributed by atoms with Crippen molar-refractivity contribution >= 4 is 12.0 Å². The van der Waals surface area contributed by atoms with Gasteiger partial charge in [0, 0.05) is 25.3 Å². The molecule has 2 N–H and O–H groups in total. The lowest BCUT2D eigenvalue weighted by Gasteiger charge is -2.34. The number of H-pyrrole nitrogens is 1. The summed E-state index contributed by atoms with van der Waals surface area (Å²) in [6.07, 6.45) is 5.66. The molecule has 6 nitrogen and oxygen atoms in total. The zero-order valence-electron chi connectivity index (χ0n) is 15.2. The van der Waals surface area contributed by atoms with Gasteiger partial charge in [0.15, 0.2) is 0 Å². The SMILES string of the molecule is CCOC(=O)c1[nH]c(C)c(CN(C(=O)NC)C2CCCCC2)c1C. The Morgan fingerprint density at radius 1 is 1.25 bits per heavy atom. The monoisotopic (exact) mass is 335 g/mol. The third-order valence-corrected chi connectivity index (χ3v) is 4.89. The van der Waals surface area contributed by atoms with Crippen LogP contribution in [0.15, 0.2) is 0 Å². The molecule has 1 aromatic rings. The first kappa shape index (κ1) is 18.4. The van der Waals surface area contributed by atoms with Crippen molar-refractivity contribution in [3.05, 3.63) is 22.5 Å². The van der Waals surface area contributed by atoms with Crippen molar-refractivity contribution in [1.29, 1.82) is 0 Å². The molecule has 1 heterocycles. The van der Waals surface area contributed by atoms with Gasteiger partial charge in [0.1, 0.15) is 5.69 Å². The summed E-state index contributed by atoms with van der Waals surface area (Å²) in [7, 11) is 1.67. The van der Waals surface area contributed by atoms with E-state index in [0.717, 1.165) is 42.5 Å². The van der Waals surface area contributed by atoms with E-state index in [-0.39, 0.29) is 18.0 Å². The molecule has 0 radical (unpaired) electrons. The maximum atomic E-state index is 12.4. The standard InChI is InChI=1S/C18H29N3O3/c1-5-24-17(22)16-12(2)15(13(3)20-16)11-21(18(23)19-4)14-9-7-6-8-10-14/h14,20H,5-11H2,1-4H3,(H,19,23). The number of aryl methyl sites for hydroxylation is 1. The number of amides is 2. The number of carbonyl (C=O) groups excluding carboxylic acids is 2. The van der Waals surface area contributed by atoms with Crippen LogP contribution < -0.4 is 5.32 Å². The molecule has 134 valence electrons. The minimum absolute atomic E-state index is 0.0559. The summed E-state index contributed by atoms with van der Waals surface area (Å²) in [5, 5.41) is 2.76. The van der Waals surface area contributed by atoms with Crippen LogP contribution in [0.4, 0.5) is 4.79 Å². The second kappa shape index (κ2) is 8.22. The van der Waals surface area contributed by atoms with Crippen LogP contribution in [-0.4, -0.2) is 41.6 Å². The Balaban J connectivity index is 2.25. The Morgan fingerprint density at radius 2 is 1.92 bits per heavy atom. The van der Waals surface area contributed by atoms with E-state index in [1.165, 1.54) is 6.42 Å². The van der Waals surface area contributed by atoms with E-state index >= 15 is 0 Å². The third kappa shape index (κ3) is 3.91. The summed E-state index contributed by atoms with van der Waals surface area (Å²) in [4.78, 5) is 29.5. The van der Waals surface area contributed by atoms with Gasteiger partial charge in [-0.05, 0) is 44.7 Å². The lowest BCUT2D eigenvalue weighted by atomic mass is 9.94. The molecule has 0 spiro atoms. The molecule has 1 fully saturated rings. The number of urea groups is 1. The van der Waals surface area contributed by atoms with Crippen LogP contribution in [0.5, 0.6) is 0 Å². The zero-order chi connectivity index (χ0) is 17.7. The average Bonchev–Trinajstić information content (AvgIpc) is 2.87. The summed E-state index contributed by atoms with van der Waals surface area (Å²) in [5.41, 5.74) is 3.29. The third-order valence-electron chi connectivity index (χ3n) is 4.89. The Labute approximate surface area is 143 Å². The van der Waals surface area contributed by atoms with E-state index in [9.17, 15) is 9.59 Å². The first-order chi connectivity index (χ1) is 11.5. The Hall–Kier alpha value is -1.98. The zero-order valence-corrected chi connectivity index (χ0v) is 15.2. The number of aromatic amines is 1. The van der Waals surface area contributed by atoms with Crippen LogP contribution in [0.2, 0.25) is 0 Å². The maximum absolute atomic E-state index is 12.4. The normalized spacial score (nSPS) is 15.2. The fourth-order valence-electron chi connectivity index (χ4n) is 3.51. The van der Waals surface area contributed by atoms with Gasteiger partial charge in [0.25, 0.3) is 0 Å².